The molecular formula is C15H17NS. The van der Waals surface area contributed by atoms with E-state index in [1.165, 1.54) is 21.6 Å². The highest BCUT2D eigenvalue weighted by Crippen LogP contribution is 2.23. The van der Waals surface area contributed by atoms with E-state index in [9.17, 15) is 0 Å². The van der Waals surface area contributed by atoms with Gasteiger partial charge in [-0.15, -0.1) is 11.8 Å². The van der Waals surface area contributed by atoms with Gasteiger partial charge in [-0.05, 0) is 30.2 Å². The van der Waals surface area contributed by atoms with Crippen LogP contribution in [0.4, 0.5) is 0 Å². The van der Waals surface area contributed by atoms with Crippen LogP contribution in [0, 0.1) is 6.92 Å². The van der Waals surface area contributed by atoms with Crippen molar-refractivity contribution in [1.82, 2.24) is 0 Å². The molecule has 2 aromatic carbocycles. The summed E-state index contributed by atoms with van der Waals surface area (Å²) in [6, 6.07) is 17.1. The smallest absolute Gasteiger partial charge is 0.0232 e. The van der Waals surface area contributed by atoms with Crippen molar-refractivity contribution in [3.8, 4) is 0 Å². The van der Waals surface area contributed by atoms with Crippen LogP contribution in [0.25, 0.3) is 0 Å². The SMILES string of the molecule is Cc1ccc(SCc2cccc(CN)c2)cc1. The average Bonchev–Trinajstić information content (AvgIpc) is 2.38. The summed E-state index contributed by atoms with van der Waals surface area (Å²) in [5.74, 6) is 0.997. The Morgan fingerprint density at radius 2 is 1.71 bits per heavy atom. The Balaban J connectivity index is 1.99. The van der Waals surface area contributed by atoms with Gasteiger partial charge < -0.3 is 5.73 Å². The summed E-state index contributed by atoms with van der Waals surface area (Å²) in [4.78, 5) is 1.31. The molecule has 1 nitrogen and oxygen atoms in total. The molecule has 0 heterocycles. The van der Waals surface area contributed by atoms with Crippen LogP contribution >= 0.6 is 11.8 Å². The van der Waals surface area contributed by atoms with Gasteiger partial charge in [-0.3, -0.25) is 0 Å². The van der Waals surface area contributed by atoms with Crippen molar-refractivity contribution in [2.75, 3.05) is 0 Å². The van der Waals surface area contributed by atoms with Crippen molar-refractivity contribution >= 4 is 11.8 Å². The first-order valence-corrected chi connectivity index (χ1v) is 6.74. The highest BCUT2D eigenvalue weighted by atomic mass is 32.2. The molecule has 0 unspecified atom stereocenters. The lowest BCUT2D eigenvalue weighted by atomic mass is 10.1. The highest BCUT2D eigenvalue weighted by molar-refractivity contribution is 7.98. The molecule has 0 amide bonds. The van der Waals surface area contributed by atoms with Crippen molar-refractivity contribution in [3.63, 3.8) is 0 Å². The third-order valence-electron chi connectivity index (χ3n) is 2.65. The van der Waals surface area contributed by atoms with Crippen LogP contribution in [0.1, 0.15) is 16.7 Å². The minimum absolute atomic E-state index is 0.614. The Kier molecular flexibility index (Phi) is 4.24. The van der Waals surface area contributed by atoms with E-state index in [2.05, 4.69) is 55.5 Å². The summed E-state index contributed by atoms with van der Waals surface area (Å²) in [5.41, 5.74) is 9.47. The summed E-state index contributed by atoms with van der Waals surface area (Å²) in [6.45, 7) is 2.72. The minimum atomic E-state index is 0.614. The Labute approximate surface area is 107 Å². The Morgan fingerprint density at radius 3 is 2.41 bits per heavy atom. The fraction of sp³-hybridized carbons (Fsp3) is 0.200. The molecule has 0 atom stereocenters. The molecule has 0 aliphatic rings. The first-order valence-electron chi connectivity index (χ1n) is 5.75. The lowest BCUT2D eigenvalue weighted by molar-refractivity contribution is 1.06. The number of nitrogens with two attached hydrogens (primary N) is 1. The molecule has 0 radical (unpaired) electrons. The van der Waals surface area contributed by atoms with Gasteiger partial charge in [0.2, 0.25) is 0 Å². The largest absolute Gasteiger partial charge is 0.326 e. The fourth-order valence-electron chi connectivity index (χ4n) is 1.65. The van der Waals surface area contributed by atoms with Gasteiger partial charge in [0.25, 0.3) is 0 Å². The number of rotatable bonds is 4. The van der Waals surface area contributed by atoms with Crippen LogP contribution in [0.3, 0.4) is 0 Å². The summed E-state index contributed by atoms with van der Waals surface area (Å²) < 4.78 is 0. The standard InChI is InChI=1S/C15H17NS/c1-12-5-7-15(8-6-12)17-11-14-4-2-3-13(9-14)10-16/h2-9H,10-11,16H2,1H3. The van der Waals surface area contributed by atoms with Crippen LogP contribution < -0.4 is 5.73 Å². The zero-order valence-electron chi connectivity index (χ0n) is 10.0. The van der Waals surface area contributed by atoms with E-state index in [1.54, 1.807) is 0 Å². The predicted octanol–water partition coefficient (Wildman–Crippen LogP) is 3.75. The van der Waals surface area contributed by atoms with Gasteiger partial charge >= 0.3 is 0 Å². The van der Waals surface area contributed by atoms with Gasteiger partial charge in [0, 0.05) is 17.2 Å². The minimum Gasteiger partial charge on any atom is -0.326 e. The van der Waals surface area contributed by atoms with Crippen LogP contribution in [0.5, 0.6) is 0 Å². The topological polar surface area (TPSA) is 26.0 Å². The second-order valence-corrected chi connectivity index (χ2v) is 5.17. The Bertz CT molecular complexity index is 477. The molecule has 17 heavy (non-hydrogen) atoms. The van der Waals surface area contributed by atoms with Crippen LogP contribution in [-0.4, -0.2) is 0 Å². The second kappa shape index (κ2) is 5.89. The van der Waals surface area contributed by atoms with Gasteiger partial charge in [-0.2, -0.15) is 0 Å². The van der Waals surface area contributed by atoms with Gasteiger partial charge in [-0.25, -0.2) is 0 Å². The van der Waals surface area contributed by atoms with E-state index in [4.69, 9.17) is 5.73 Å². The normalized spacial score (nSPS) is 10.5. The average molecular weight is 243 g/mol. The summed E-state index contributed by atoms with van der Waals surface area (Å²) in [6.07, 6.45) is 0. The van der Waals surface area contributed by atoms with E-state index in [-0.39, 0.29) is 0 Å². The van der Waals surface area contributed by atoms with Gasteiger partial charge in [-0.1, -0.05) is 42.0 Å². The first-order chi connectivity index (χ1) is 8.28. The molecular weight excluding hydrogens is 226 g/mol. The molecule has 0 spiro atoms. The lowest BCUT2D eigenvalue weighted by Crippen LogP contribution is -1.96. The third-order valence-corrected chi connectivity index (χ3v) is 3.74. The highest BCUT2D eigenvalue weighted by Gasteiger charge is 1.97. The van der Waals surface area contributed by atoms with Crippen molar-refractivity contribution in [2.45, 2.75) is 24.1 Å². The number of thioether (sulfide) groups is 1. The molecule has 0 saturated carbocycles. The zero-order chi connectivity index (χ0) is 12.1. The third kappa shape index (κ3) is 3.62. The van der Waals surface area contributed by atoms with Crippen molar-refractivity contribution < 1.29 is 0 Å². The molecule has 2 aromatic rings. The Morgan fingerprint density at radius 1 is 1.00 bits per heavy atom. The molecule has 88 valence electrons. The van der Waals surface area contributed by atoms with Crippen molar-refractivity contribution in [1.29, 1.82) is 0 Å². The van der Waals surface area contributed by atoms with E-state index in [0.29, 0.717) is 6.54 Å². The molecule has 2 rings (SSSR count). The first kappa shape index (κ1) is 12.2. The van der Waals surface area contributed by atoms with Crippen molar-refractivity contribution in [3.05, 3.63) is 65.2 Å². The Hall–Kier alpha value is -1.25. The van der Waals surface area contributed by atoms with Gasteiger partial charge in [0.05, 0.1) is 0 Å². The van der Waals surface area contributed by atoms with Crippen LogP contribution in [-0.2, 0) is 12.3 Å². The van der Waals surface area contributed by atoms with Gasteiger partial charge in [0.1, 0.15) is 0 Å². The number of benzene rings is 2. The van der Waals surface area contributed by atoms with Crippen LogP contribution in [0.15, 0.2) is 53.4 Å². The van der Waals surface area contributed by atoms with Crippen molar-refractivity contribution in [2.24, 2.45) is 5.73 Å². The molecule has 2 N–H and O–H groups in total. The van der Waals surface area contributed by atoms with E-state index in [1.807, 2.05) is 11.8 Å². The second-order valence-electron chi connectivity index (χ2n) is 4.13. The quantitative estimate of drug-likeness (QED) is 0.828. The zero-order valence-corrected chi connectivity index (χ0v) is 10.8. The molecule has 0 fully saturated rings. The fourth-order valence-corrected chi connectivity index (χ4v) is 2.49. The number of hydrogen-bond donors (Lipinski definition) is 1. The predicted molar refractivity (Wildman–Crippen MR) is 75.1 cm³/mol. The molecule has 2 heteroatoms. The van der Waals surface area contributed by atoms with E-state index < -0.39 is 0 Å². The van der Waals surface area contributed by atoms with E-state index in [0.717, 1.165) is 5.75 Å². The number of hydrogen-bond acceptors (Lipinski definition) is 2. The van der Waals surface area contributed by atoms with Gasteiger partial charge in [0.15, 0.2) is 0 Å². The molecule has 0 aliphatic carbocycles. The number of aryl methyl sites for hydroxylation is 1. The monoisotopic (exact) mass is 243 g/mol. The molecule has 0 bridgehead atoms. The van der Waals surface area contributed by atoms with E-state index >= 15 is 0 Å². The summed E-state index contributed by atoms with van der Waals surface area (Å²) in [5, 5.41) is 0. The molecule has 0 aliphatic heterocycles. The summed E-state index contributed by atoms with van der Waals surface area (Å²) in [7, 11) is 0. The maximum absolute atomic E-state index is 5.64. The molecule has 0 aromatic heterocycles. The maximum atomic E-state index is 5.64. The van der Waals surface area contributed by atoms with Crippen LogP contribution in [0.2, 0.25) is 0 Å². The molecule has 0 saturated heterocycles. The lowest BCUT2D eigenvalue weighted by Gasteiger charge is -2.04. The maximum Gasteiger partial charge on any atom is 0.0232 e. The summed E-state index contributed by atoms with van der Waals surface area (Å²) >= 11 is 1.86.